The van der Waals surface area contributed by atoms with E-state index in [-0.39, 0.29) is 0 Å². The zero-order valence-corrected chi connectivity index (χ0v) is 12.6. The van der Waals surface area contributed by atoms with E-state index in [1.54, 1.807) is 0 Å². The summed E-state index contributed by atoms with van der Waals surface area (Å²) in [7, 11) is 4.02. The number of imidazole rings is 1. The first-order valence-electron chi connectivity index (χ1n) is 6.02. The van der Waals surface area contributed by atoms with Crippen LogP contribution < -0.4 is 5.32 Å². The standard InChI is InChI=1S/C14H18BrN3/c1-10-13(18(3)14(17-10)9-16-2)8-11-6-4-5-7-12(11)15/h4-7,16H,8-9H2,1-3H3. The average molecular weight is 308 g/mol. The molecule has 0 radical (unpaired) electrons. The summed E-state index contributed by atoms with van der Waals surface area (Å²) in [4.78, 5) is 4.61. The van der Waals surface area contributed by atoms with Gasteiger partial charge in [-0.1, -0.05) is 34.1 Å². The molecule has 0 fully saturated rings. The minimum absolute atomic E-state index is 0.799. The van der Waals surface area contributed by atoms with E-state index in [1.165, 1.54) is 11.3 Å². The highest BCUT2D eigenvalue weighted by Gasteiger charge is 2.12. The van der Waals surface area contributed by atoms with Crippen molar-refractivity contribution in [3.05, 3.63) is 51.5 Å². The molecule has 0 atom stereocenters. The van der Waals surface area contributed by atoms with Crippen molar-refractivity contribution < 1.29 is 0 Å². The van der Waals surface area contributed by atoms with Crippen LogP contribution in [-0.4, -0.2) is 16.6 Å². The quantitative estimate of drug-likeness (QED) is 0.941. The van der Waals surface area contributed by atoms with Crippen LogP contribution in [0.15, 0.2) is 28.7 Å². The molecule has 2 rings (SSSR count). The first-order chi connectivity index (χ1) is 8.63. The zero-order chi connectivity index (χ0) is 13.1. The lowest BCUT2D eigenvalue weighted by molar-refractivity contribution is 0.695. The molecule has 0 saturated carbocycles. The van der Waals surface area contributed by atoms with Gasteiger partial charge in [-0.2, -0.15) is 0 Å². The fourth-order valence-corrected chi connectivity index (χ4v) is 2.54. The molecule has 96 valence electrons. The normalized spacial score (nSPS) is 10.9. The number of rotatable bonds is 4. The van der Waals surface area contributed by atoms with Crippen LogP contribution in [0.1, 0.15) is 22.8 Å². The van der Waals surface area contributed by atoms with Crippen LogP contribution in [-0.2, 0) is 20.0 Å². The Bertz CT molecular complexity index is 546. The Morgan fingerprint density at radius 2 is 2.06 bits per heavy atom. The van der Waals surface area contributed by atoms with Crippen molar-refractivity contribution in [2.45, 2.75) is 19.9 Å². The Kier molecular flexibility index (Phi) is 4.19. The third-order valence-electron chi connectivity index (χ3n) is 3.16. The van der Waals surface area contributed by atoms with Gasteiger partial charge in [0.25, 0.3) is 0 Å². The topological polar surface area (TPSA) is 29.9 Å². The number of hydrogen-bond acceptors (Lipinski definition) is 2. The summed E-state index contributed by atoms with van der Waals surface area (Å²) in [6.45, 7) is 2.87. The van der Waals surface area contributed by atoms with E-state index in [2.05, 4.69) is 63.0 Å². The maximum absolute atomic E-state index is 4.61. The molecule has 0 bridgehead atoms. The second kappa shape index (κ2) is 5.67. The van der Waals surface area contributed by atoms with E-state index in [0.717, 1.165) is 29.0 Å². The van der Waals surface area contributed by atoms with Crippen LogP contribution in [0.4, 0.5) is 0 Å². The molecule has 0 aliphatic carbocycles. The third-order valence-corrected chi connectivity index (χ3v) is 3.93. The van der Waals surface area contributed by atoms with Gasteiger partial charge < -0.3 is 9.88 Å². The van der Waals surface area contributed by atoms with Gasteiger partial charge in [0.15, 0.2) is 0 Å². The predicted molar refractivity (Wildman–Crippen MR) is 77.7 cm³/mol. The summed E-state index contributed by atoms with van der Waals surface area (Å²) >= 11 is 3.60. The summed E-state index contributed by atoms with van der Waals surface area (Å²) in [6, 6.07) is 8.33. The Hall–Kier alpha value is -1.13. The molecule has 3 nitrogen and oxygen atoms in total. The van der Waals surface area contributed by atoms with Crippen molar-refractivity contribution >= 4 is 15.9 Å². The number of aromatic nitrogens is 2. The van der Waals surface area contributed by atoms with Crippen molar-refractivity contribution in [2.24, 2.45) is 7.05 Å². The van der Waals surface area contributed by atoms with Gasteiger partial charge in [-0.25, -0.2) is 4.98 Å². The average Bonchev–Trinajstić information content (AvgIpc) is 2.60. The minimum atomic E-state index is 0.799. The molecule has 0 unspecified atom stereocenters. The summed E-state index contributed by atoms with van der Waals surface area (Å²) in [6.07, 6.45) is 0.903. The van der Waals surface area contributed by atoms with Crippen LogP contribution in [0.2, 0.25) is 0 Å². The van der Waals surface area contributed by atoms with Crippen molar-refractivity contribution in [1.29, 1.82) is 0 Å². The molecular weight excluding hydrogens is 290 g/mol. The van der Waals surface area contributed by atoms with E-state index in [1.807, 2.05) is 13.1 Å². The van der Waals surface area contributed by atoms with Gasteiger partial charge in [-0.3, -0.25) is 0 Å². The summed E-state index contributed by atoms with van der Waals surface area (Å²) < 4.78 is 3.34. The SMILES string of the molecule is CNCc1nc(C)c(Cc2ccccc2Br)n1C. The highest BCUT2D eigenvalue weighted by Crippen LogP contribution is 2.21. The van der Waals surface area contributed by atoms with Crippen molar-refractivity contribution in [3.8, 4) is 0 Å². The highest BCUT2D eigenvalue weighted by atomic mass is 79.9. The predicted octanol–water partition coefficient (Wildman–Crippen LogP) is 2.80. The Balaban J connectivity index is 2.32. The van der Waals surface area contributed by atoms with Crippen LogP contribution in [0.3, 0.4) is 0 Å². The molecule has 4 heteroatoms. The van der Waals surface area contributed by atoms with Gasteiger partial charge in [0, 0.05) is 23.6 Å². The summed E-state index contributed by atoms with van der Waals surface area (Å²) in [5.41, 5.74) is 3.67. The monoisotopic (exact) mass is 307 g/mol. The van der Waals surface area contributed by atoms with Gasteiger partial charge >= 0.3 is 0 Å². The molecule has 1 N–H and O–H groups in total. The largest absolute Gasteiger partial charge is 0.333 e. The fourth-order valence-electron chi connectivity index (χ4n) is 2.12. The van der Waals surface area contributed by atoms with E-state index in [9.17, 15) is 0 Å². The number of nitrogens with zero attached hydrogens (tertiary/aromatic N) is 2. The number of nitrogens with one attached hydrogen (secondary N) is 1. The van der Waals surface area contributed by atoms with Gasteiger partial charge in [0.2, 0.25) is 0 Å². The Labute approximate surface area is 116 Å². The molecule has 0 spiro atoms. The third kappa shape index (κ3) is 2.65. The lowest BCUT2D eigenvalue weighted by atomic mass is 10.1. The van der Waals surface area contributed by atoms with E-state index < -0.39 is 0 Å². The van der Waals surface area contributed by atoms with Gasteiger partial charge in [0.05, 0.1) is 12.2 Å². The number of hydrogen-bond donors (Lipinski definition) is 1. The first kappa shape index (κ1) is 13.3. The maximum atomic E-state index is 4.61. The molecular formula is C14H18BrN3. The van der Waals surface area contributed by atoms with Gasteiger partial charge in [-0.15, -0.1) is 0 Å². The lowest BCUT2D eigenvalue weighted by Crippen LogP contribution is -2.11. The molecule has 0 amide bonds. The van der Waals surface area contributed by atoms with Crippen LogP contribution in [0.25, 0.3) is 0 Å². The Morgan fingerprint density at radius 1 is 1.33 bits per heavy atom. The molecule has 1 heterocycles. The number of benzene rings is 1. The van der Waals surface area contributed by atoms with Crippen LogP contribution >= 0.6 is 15.9 Å². The second-order valence-corrected chi connectivity index (χ2v) is 5.27. The van der Waals surface area contributed by atoms with Crippen molar-refractivity contribution in [1.82, 2.24) is 14.9 Å². The minimum Gasteiger partial charge on any atom is -0.333 e. The second-order valence-electron chi connectivity index (χ2n) is 4.42. The van der Waals surface area contributed by atoms with E-state index in [0.29, 0.717) is 0 Å². The van der Waals surface area contributed by atoms with E-state index in [4.69, 9.17) is 0 Å². The molecule has 1 aromatic carbocycles. The van der Waals surface area contributed by atoms with Crippen molar-refractivity contribution in [3.63, 3.8) is 0 Å². The molecule has 1 aromatic heterocycles. The smallest absolute Gasteiger partial charge is 0.122 e. The molecule has 18 heavy (non-hydrogen) atoms. The van der Waals surface area contributed by atoms with Crippen molar-refractivity contribution in [2.75, 3.05) is 7.05 Å². The first-order valence-corrected chi connectivity index (χ1v) is 6.82. The fraction of sp³-hybridized carbons (Fsp3) is 0.357. The van der Waals surface area contributed by atoms with E-state index >= 15 is 0 Å². The molecule has 0 aliphatic rings. The van der Waals surface area contributed by atoms with Crippen LogP contribution in [0, 0.1) is 6.92 Å². The summed E-state index contributed by atoms with van der Waals surface area (Å²) in [5, 5.41) is 3.15. The molecule has 0 saturated heterocycles. The summed E-state index contributed by atoms with van der Waals surface area (Å²) in [5.74, 6) is 1.08. The Morgan fingerprint density at radius 3 is 2.72 bits per heavy atom. The lowest BCUT2D eigenvalue weighted by Gasteiger charge is -2.08. The van der Waals surface area contributed by atoms with Crippen LogP contribution in [0.5, 0.6) is 0 Å². The molecule has 0 aliphatic heterocycles. The van der Waals surface area contributed by atoms with Gasteiger partial charge in [-0.05, 0) is 25.6 Å². The number of halogens is 1. The highest BCUT2D eigenvalue weighted by molar-refractivity contribution is 9.10. The number of aryl methyl sites for hydroxylation is 1. The zero-order valence-electron chi connectivity index (χ0n) is 11.0. The molecule has 2 aromatic rings. The maximum Gasteiger partial charge on any atom is 0.122 e. The van der Waals surface area contributed by atoms with Gasteiger partial charge in [0.1, 0.15) is 5.82 Å².